The van der Waals surface area contributed by atoms with Crippen molar-refractivity contribution in [3.05, 3.63) is 22.7 Å². The Balaban J connectivity index is 2.54. The maximum atomic E-state index is 9.30. The van der Waals surface area contributed by atoms with Crippen molar-refractivity contribution in [2.75, 3.05) is 11.9 Å². The molecule has 1 aliphatic rings. The van der Waals surface area contributed by atoms with E-state index in [-0.39, 0.29) is 5.75 Å². The van der Waals surface area contributed by atoms with E-state index in [1.165, 1.54) is 5.56 Å². The number of phenols is 1. The van der Waals surface area contributed by atoms with Crippen LogP contribution in [-0.4, -0.2) is 11.7 Å². The fourth-order valence-corrected chi connectivity index (χ4v) is 1.75. The van der Waals surface area contributed by atoms with Crippen molar-refractivity contribution < 1.29 is 5.11 Å². The van der Waals surface area contributed by atoms with Crippen LogP contribution in [-0.2, 0) is 6.42 Å². The summed E-state index contributed by atoms with van der Waals surface area (Å²) in [7, 11) is 0. The third-order valence-corrected chi connectivity index (χ3v) is 2.52. The predicted octanol–water partition coefficient (Wildman–Crippen LogP) is 2.40. The molecular weight excluding hydrogens is 174 g/mol. The third-order valence-electron chi connectivity index (χ3n) is 2.13. The molecule has 1 aromatic carbocycles. The molecule has 2 N–H and O–H groups in total. The summed E-state index contributed by atoms with van der Waals surface area (Å²) < 4.78 is 0. The van der Waals surface area contributed by atoms with Crippen LogP contribution in [0.3, 0.4) is 0 Å². The minimum Gasteiger partial charge on any atom is -0.506 e. The Labute approximate surface area is 76.2 Å². The van der Waals surface area contributed by atoms with Crippen LogP contribution in [0.2, 0.25) is 5.02 Å². The van der Waals surface area contributed by atoms with Gasteiger partial charge in [-0.15, -0.1) is 0 Å². The summed E-state index contributed by atoms with van der Waals surface area (Å²) in [6.45, 7) is 0.941. The molecule has 0 spiro atoms. The van der Waals surface area contributed by atoms with E-state index < -0.39 is 0 Å². The summed E-state index contributed by atoms with van der Waals surface area (Å²) in [6, 6.07) is 3.57. The lowest BCUT2D eigenvalue weighted by atomic mass is 10.0. The summed E-state index contributed by atoms with van der Waals surface area (Å²) >= 11 is 5.90. The van der Waals surface area contributed by atoms with Crippen molar-refractivity contribution in [3.8, 4) is 5.75 Å². The van der Waals surface area contributed by atoms with Gasteiger partial charge in [-0.1, -0.05) is 17.7 Å². The molecule has 0 atom stereocenters. The molecule has 0 unspecified atom stereocenters. The molecule has 0 saturated heterocycles. The van der Waals surface area contributed by atoms with Gasteiger partial charge >= 0.3 is 0 Å². The molecule has 2 nitrogen and oxygen atoms in total. The van der Waals surface area contributed by atoms with Crippen LogP contribution in [0, 0.1) is 0 Å². The van der Waals surface area contributed by atoms with Crippen molar-refractivity contribution >= 4 is 17.3 Å². The first-order chi connectivity index (χ1) is 5.79. The summed E-state index contributed by atoms with van der Waals surface area (Å²) in [6.07, 6.45) is 2.18. The number of halogens is 1. The number of anilines is 1. The van der Waals surface area contributed by atoms with E-state index in [0.29, 0.717) is 5.02 Å². The number of hydrogen-bond donors (Lipinski definition) is 2. The van der Waals surface area contributed by atoms with Gasteiger partial charge in [0.25, 0.3) is 0 Å². The van der Waals surface area contributed by atoms with Crippen LogP contribution in [0.15, 0.2) is 12.1 Å². The third kappa shape index (κ3) is 1.12. The normalized spacial score (nSPS) is 15.1. The van der Waals surface area contributed by atoms with Gasteiger partial charge in [0.1, 0.15) is 10.8 Å². The van der Waals surface area contributed by atoms with Gasteiger partial charge in [0.05, 0.1) is 5.69 Å². The maximum Gasteiger partial charge on any atom is 0.136 e. The highest BCUT2D eigenvalue weighted by atomic mass is 35.5. The number of fused-ring (bicyclic) bond motifs is 1. The van der Waals surface area contributed by atoms with E-state index in [4.69, 9.17) is 11.6 Å². The highest BCUT2D eigenvalue weighted by molar-refractivity contribution is 6.34. The van der Waals surface area contributed by atoms with Gasteiger partial charge in [-0.2, -0.15) is 0 Å². The molecule has 0 radical (unpaired) electrons. The zero-order chi connectivity index (χ0) is 8.55. The second-order valence-electron chi connectivity index (χ2n) is 2.96. The summed E-state index contributed by atoms with van der Waals surface area (Å²) in [5, 5.41) is 12.9. The predicted molar refractivity (Wildman–Crippen MR) is 49.9 cm³/mol. The second kappa shape index (κ2) is 2.87. The van der Waals surface area contributed by atoms with Crippen LogP contribution in [0.25, 0.3) is 0 Å². The molecule has 12 heavy (non-hydrogen) atoms. The smallest absolute Gasteiger partial charge is 0.136 e. The van der Waals surface area contributed by atoms with Crippen LogP contribution in [0.1, 0.15) is 12.0 Å². The number of benzene rings is 1. The molecule has 0 amide bonds. The Morgan fingerprint density at radius 1 is 1.42 bits per heavy atom. The van der Waals surface area contributed by atoms with Gasteiger partial charge < -0.3 is 10.4 Å². The summed E-state index contributed by atoms with van der Waals surface area (Å²) in [5.41, 5.74) is 2.10. The zero-order valence-corrected chi connectivity index (χ0v) is 7.36. The number of aromatic hydroxyl groups is 1. The Bertz CT molecular complexity index is 312. The lowest BCUT2D eigenvalue weighted by molar-refractivity contribution is 0.475. The number of rotatable bonds is 0. The molecule has 1 aliphatic heterocycles. The highest BCUT2D eigenvalue weighted by Gasteiger charge is 2.13. The van der Waals surface area contributed by atoms with E-state index in [0.717, 1.165) is 25.1 Å². The molecule has 3 heteroatoms. The van der Waals surface area contributed by atoms with Gasteiger partial charge in [-0.3, -0.25) is 0 Å². The number of nitrogens with one attached hydrogen (secondary N) is 1. The zero-order valence-electron chi connectivity index (χ0n) is 6.60. The van der Waals surface area contributed by atoms with E-state index >= 15 is 0 Å². The second-order valence-corrected chi connectivity index (χ2v) is 3.34. The number of hydrogen-bond acceptors (Lipinski definition) is 2. The average molecular weight is 184 g/mol. The lowest BCUT2D eigenvalue weighted by Crippen LogP contribution is -2.11. The van der Waals surface area contributed by atoms with Crippen molar-refractivity contribution in [1.29, 1.82) is 0 Å². The Kier molecular flexibility index (Phi) is 1.85. The Morgan fingerprint density at radius 2 is 2.25 bits per heavy atom. The number of aryl methyl sites for hydroxylation is 1. The molecule has 1 heterocycles. The standard InChI is InChI=1S/C9H10ClNO/c10-8-7(12)4-3-6-2-1-5-11-9(6)8/h3-4,11-12H,1-2,5H2. The van der Waals surface area contributed by atoms with Crippen LogP contribution < -0.4 is 5.32 Å². The first-order valence-electron chi connectivity index (χ1n) is 4.03. The van der Waals surface area contributed by atoms with Gasteiger partial charge in [-0.25, -0.2) is 0 Å². The van der Waals surface area contributed by atoms with Gasteiger partial charge in [0.15, 0.2) is 0 Å². The van der Waals surface area contributed by atoms with Crippen molar-refractivity contribution in [1.82, 2.24) is 0 Å². The SMILES string of the molecule is Oc1ccc2c(c1Cl)NCCC2. The van der Waals surface area contributed by atoms with E-state index in [2.05, 4.69) is 5.32 Å². The van der Waals surface area contributed by atoms with Crippen LogP contribution in [0.5, 0.6) is 5.75 Å². The molecule has 1 aromatic rings. The molecule has 2 rings (SSSR count). The molecule has 0 bridgehead atoms. The topological polar surface area (TPSA) is 32.3 Å². The minimum absolute atomic E-state index is 0.157. The van der Waals surface area contributed by atoms with Crippen LogP contribution in [0.4, 0.5) is 5.69 Å². The fourth-order valence-electron chi connectivity index (χ4n) is 1.50. The van der Waals surface area contributed by atoms with E-state index in [1.54, 1.807) is 6.07 Å². The first-order valence-corrected chi connectivity index (χ1v) is 4.41. The van der Waals surface area contributed by atoms with Gasteiger partial charge in [0, 0.05) is 6.54 Å². The molecule has 0 aromatic heterocycles. The summed E-state index contributed by atoms with van der Waals surface area (Å²) in [5.74, 6) is 0.157. The van der Waals surface area contributed by atoms with Crippen LogP contribution >= 0.6 is 11.6 Å². The molecule has 0 fully saturated rings. The number of phenolic OH excluding ortho intramolecular Hbond substituents is 1. The van der Waals surface area contributed by atoms with Crippen molar-refractivity contribution in [2.45, 2.75) is 12.8 Å². The molecule has 0 saturated carbocycles. The van der Waals surface area contributed by atoms with E-state index in [9.17, 15) is 5.11 Å². The minimum atomic E-state index is 0.157. The molecule has 0 aliphatic carbocycles. The Morgan fingerprint density at radius 3 is 3.08 bits per heavy atom. The average Bonchev–Trinajstić information content (AvgIpc) is 2.12. The Hall–Kier alpha value is -0.890. The monoisotopic (exact) mass is 183 g/mol. The largest absolute Gasteiger partial charge is 0.506 e. The van der Waals surface area contributed by atoms with Gasteiger partial charge in [0.2, 0.25) is 0 Å². The summed E-state index contributed by atoms with van der Waals surface area (Å²) in [4.78, 5) is 0. The lowest BCUT2D eigenvalue weighted by Gasteiger charge is -2.19. The van der Waals surface area contributed by atoms with Crippen molar-refractivity contribution in [3.63, 3.8) is 0 Å². The van der Waals surface area contributed by atoms with Gasteiger partial charge in [-0.05, 0) is 24.5 Å². The fraction of sp³-hybridized carbons (Fsp3) is 0.333. The molecule has 64 valence electrons. The molecular formula is C9H10ClNO. The van der Waals surface area contributed by atoms with Crippen molar-refractivity contribution in [2.24, 2.45) is 0 Å². The highest BCUT2D eigenvalue weighted by Crippen LogP contribution is 2.36. The first kappa shape index (κ1) is 7.74. The quantitative estimate of drug-likeness (QED) is 0.648. The van der Waals surface area contributed by atoms with E-state index in [1.807, 2.05) is 6.07 Å². The maximum absolute atomic E-state index is 9.30.